The summed E-state index contributed by atoms with van der Waals surface area (Å²) in [5, 5.41) is 17.5. The molecule has 1 unspecified atom stereocenters. The number of nitrogens with one attached hydrogen (secondary N) is 1. The number of nitrogens with zero attached hydrogens (tertiary/aromatic N) is 5. The SMILES string of the molecule is CCNC(=NCC(O)COc1cccc(C)c1)N(C)Cc1ncnn1C.I. The fraction of sp³-hybridized carbons (Fsp3) is 0.500. The van der Waals surface area contributed by atoms with Crippen LogP contribution in [0.1, 0.15) is 18.3 Å². The molecule has 0 fully saturated rings. The molecule has 0 saturated carbocycles. The predicted molar refractivity (Wildman–Crippen MR) is 117 cm³/mol. The Kier molecular flexibility index (Phi) is 10.1. The molecule has 2 N–H and O–H groups in total. The quantitative estimate of drug-likeness (QED) is 0.334. The number of aromatic nitrogens is 3. The van der Waals surface area contributed by atoms with E-state index in [1.807, 2.05) is 57.1 Å². The van der Waals surface area contributed by atoms with Crippen LogP contribution >= 0.6 is 24.0 Å². The van der Waals surface area contributed by atoms with Crippen molar-refractivity contribution in [2.24, 2.45) is 12.0 Å². The highest BCUT2D eigenvalue weighted by molar-refractivity contribution is 14.0. The smallest absolute Gasteiger partial charge is 0.194 e. The molecule has 27 heavy (non-hydrogen) atoms. The minimum atomic E-state index is -0.688. The lowest BCUT2D eigenvalue weighted by Crippen LogP contribution is -2.39. The van der Waals surface area contributed by atoms with Crippen molar-refractivity contribution in [3.63, 3.8) is 0 Å². The Morgan fingerprint density at radius 1 is 1.44 bits per heavy atom. The number of aliphatic hydroxyl groups excluding tert-OH is 1. The third kappa shape index (κ3) is 7.71. The van der Waals surface area contributed by atoms with E-state index < -0.39 is 6.10 Å². The first-order valence-electron chi connectivity index (χ1n) is 8.69. The molecule has 1 heterocycles. The monoisotopic (exact) mass is 488 g/mol. The highest BCUT2D eigenvalue weighted by atomic mass is 127. The second kappa shape index (κ2) is 11.8. The maximum Gasteiger partial charge on any atom is 0.194 e. The fourth-order valence-electron chi connectivity index (χ4n) is 2.36. The van der Waals surface area contributed by atoms with Crippen LogP contribution in [0.2, 0.25) is 0 Å². The van der Waals surface area contributed by atoms with Crippen LogP contribution in [-0.2, 0) is 13.6 Å². The van der Waals surface area contributed by atoms with Crippen molar-refractivity contribution in [3.8, 4) is 5.75 Å². The number of ether oxygens (including phenoxy) is 1. The minimum absolute atomic E-state index is 0. The summed E-state index contributed by atoms with van der Waals surface area (Å²) >= 11 is 0. The van der Waals surface area contributed by atoms with E-state index in [1.165, 1.54) is 6.33 Å². The molecule has 2 aromatic rings. The van der Waals surface area contributed by atoms with Gasteiger partial charge in [0.1, 0.15) is 30.6 Å². The maximum atomic E-state index is 10.2. The lowest BCUT2D eigenvalue weighted by atomic mass is 10.2. The molecule has 0 aliphatic rings. The number of halogens is 1. The van der Waals surface area contributed by atoms with Crippen molar-refractivity contribution in [1.82, 2.24) is 25.0 Å². The van der Waals surface area contributed by atoms with Gasteiger partial charge in [-0.05, 0) is 31.5 Å². The van der Waals surface area contributed by atoms with E-state index in [0.717, 1.165) is 23.7 Å². The van der Waals surface area contributed by atoms with Gasteiger partial charge in [0, 0.05) is 20.6 Å². The zero-order chi connectivity index (χ0) is 18.9. The van der Waals surface area contributed by atoms with E-state index in [2.05, 4.69) is 20.4 Å². The predicted octanol–water partition coefficient (Wildman–Crippen LogP) is 1.58. The van der Waals surface area contributed by atoms with Gasteiger partial charge >= 0.3 is 0 Å². The van der Waals surface area contributed by atoms with Gasteiger partial charge in [0.2, 0.25) is 0 Å². The Balaban J connectivity index is 0.00000364. The summed E-state index contributed by atoms with van der Waals surface area (Å²) in [5.74, 6) is 2.28. The third-order valence-electron chi connectivity index (χ3n) is 3.76. The van der Waals surface area contributed by atoms with Gasteiger partial charge in [-0.3, -0.25) is 9.67 Å². The van der Waals surface area contributed by atoms with E-state index in [4.69, 9.17) is 4.74 Å². The van der Waals surface area contributed by atoms with E-state index in [9.17, 15) is 5.11 Å². The highest BCUT2D eigenvalue weighted by Gasteiger charge is 2.11. The Labute approximate surface area is 177 Å². The Morgan fingerprint density at radius 2 is 2.22 bits per heavy atom. The van der Waals surface area contributed by atoms with Crippen LogP contribution in [0.5, 0.6) is 5.75 Å². The second-order valence-electron chi connectivity index (χ2n) is 6.13. The lowest BCUT2D eigenvalue weighted by Gasteiger charge is -2.22. The molecule has 0 aliphatic heterocycles. The van der Waals surface area contributed by atoms with Crippen LogP contribution < -0.4 is 10.1 Å². The molecular weight excluding hydrogens is 459 g/mol. The number of aliphatic hydroxyl groups is 1. The summed E-state index contributed by atoms with van der Waals surface area (Å²) in [7, 11) is 3.78. The average Bonchev–Trinajstić information content (AvgIpc) is 3.01. The third-order valence-corrected chi connectivity index (χ3v) is 3.76. The molecule has 0 bridgehead atoms. The maximum absolute atomic E-state index is 10.2. The van der Waals surface area contributed by atoms with Crippen molar-refractivity contribution < 1.29 is 9.84 Å². The van der Waals surface area contributed by atoms with Crippen LogP contribution in [0.15, 0.2) is 35.6 Å². The van der Waals surface area contributed by atoms with E-state index in [-0.39, 0.29) is 37.1 Å². The van der Waals surface area contributed by atoms with E-state index in [1.54, 1.807) is 4.68 Å². The highest BCUT2D eigenvalue weighted by Crippen LogP contribution is 2.12. The molecule has 1 aromatic carbocycles. The minimum Gasteiger partial charge on any atom is -0.491 e. The first-order valence-corrected chi connectivity index (χ1v) is 8.69. The molecule has 0 saturated heterocycles. The van der Waals surface area contributed by atoms with Gasteiger partial charge in [-0.1, -0.05) is 12.1 Å². The largest absolute Gasteiger partial charge is 0.491 e. The van der Waals surface area contributed by atoms with Crippen molar-refractivity contribution in [2.75, 3.05) is 26.7 Å². The first kappa shape index (κ1) is 23.2. The molecule has 2 rings (SSSR count). The molecule has 8 nitrogen and oxygen atoms in total. The molecule has 150 valence electrons. The first-order chi connectivity index (χ1) is 12.5. The van der Waals surface area contributed by atoms with Crippen molar-refractivity contribution in [3.05, 3.63) is 42.0 Å². The van der Waals surface area contributed by atoms with Crippen LogP contribution in [-0.4, -0.2) is 63.6 Å². The lowest BCUT2D eigenvalue weighted by molar-refractivity contribution is 0.114. The van der Waals surface area contributed by atoms with Crippen LogP contribution in [0.4, 0.5) is 0 Å². The van der Waals surface area contributed by atoms with Gasteiger partial charge in [-0.25, -0.2) is 4.98 Å². The number of aliphatic imine (C=N–C) groups is 1. The van der Waals surface area contributed by atoms with Crippen LogP contribution in [0.25, 0.3) is 0 Å². The van der Waals surface area contributed by atoms with E-state index >= 15 is 0 Å². The van der Waals surface area contributed by atoms with Crippen LogP contribution in [0, 0.1) is 6.92 Å². The van der Waals surface area contributed by atoms with Gasteiger partial charge in [0.15, 0.2) is 5.96 Å². The molecule has 1 atom stereocenters. The van der Waals surface area contributed by atoms with Crippen LogP contribution in [0.3, 0.4) is 0 Å². The van der Waals surface area contributed by atoms with Gasteiger partial charge < -0.3 is 20.1 Å². The second-order valence-corrected chi connectivity index (χ2v) is 6.13. The zero-order valence-electron chi connectivity index (χ0n) is 16.3. The molecular formula is C18H29IN6O2. The molecule has 0 amide bonds. The molecule has 0 aliphatic carbocycles. The molecule has 1 aromatic heterocycles. The Bertz CT molecular complexity index is 721. The molecule has 0 radical (unpaired) electrons. The van der Waals surface area contributed by atoms with Gasteiger partial charge in [0.25, 0.3) is 0 Å². The molecule has 0 spiro atoms. The summed E-state index contributed by atoms with van der Waals surface area (Å²) in [6.07, 6.45) is 0.840. The summed E-state index contributed by atoms with van der Waals surface area (Å²) in [5.41, 5.74) is 1.12. The number of aryl methyl sites for hydroxylation is 2. The van der Waals surface area contributed by atoms with Crippen molar-refractivity contribution in [1.29, 1.82) is 0 Å². The topological polar surface area (TPSA) is 87.8 Å². The normalized spacial score (nSPS) is 12.3. The van der Waals surface area contributed by atoms with Gasteiger partial charge in [0.05, 0.1) is 13.1 Å². The number of benzene rings is 1. The number of rotatable bonds is 8. The zero-order valence-corrected chi connectivity index (χ0v) is 18.6. The molecule has 9 heteroatoms. The number of hydrogen-bond acceptors (Lipinski definition) is 5. The summed E-state index contributed by atoms with van der Waals surface area (Å²) < 4.78 is 7.35. The van der Waals surface area contributed by atoms with E-state index in [0.29, 0.717) is 12.5 Å². The summed E-state index contributed by atoms with van der Waals surface area (Å²) in [6.45, 7) is 5.75. The average molecular weight is 488 g/mol. The summed E-state index contributed by atoms with van der Waals surface area (Å²) in [4.78, 5) is 10.7. The number of guanidine groups is 1. The van der Waals surface area contributed by atoms with Gasteiger partial charge in [-0.15, -0.1) is 24.0 Å². The summed E-state index contributed by atoms with van der Waals surface area (Å²) in [6, 6.07) is 7.75. The number of hydrogen-bond donors (Lipinski definition) is 2. The standard InChI is InChI=1S/C18H28N6O2.HI/c1-5-19-18(23(3)11-17-21-13-22-24(17)4)20-10-15(25)12-26-16-8-6-7-14(2)9-16;/h6-9,13,15,25H,5,10-12H2,1-4H3,(H,19,20);1H. The fourth-order valence-corrected chi connectivity index (χ4v) is 2.36. The Morgan fingerprint density at radius 3 is 2.85 bits per heavy atom. The van der Waals surface area contributed by atoms with Crippen molar-refractivity contribution >= 4 is 29.9 Å². The van der Waals surface area contributed by atoms with Crippen molar-refractivity contribution in [2.45, 2.75) is 26.5 Å². The van der Waals surface area contributed by atoms with Gasteiger partial charge in [-0.2, -0.15) is 5.10 Å². The Hall–Kier alpha value is -1.88.